The highest BCUT2D eigenvalue weighted by molar-refractivity contribution is 6.06. The first-order valence-corrected chi connectivity index (χ1v) is 12.0. The maximum atomic E-state index is 13.3. The molecule has 0 aliphatic carbocycles. The van der Waals surface area contributed by atoms with Crippen LogP contribution in [0.15, 0.2) is 77.6 Å². The van der Waals surface area contributed by atoms with E-state index in [-0.39, 0.29) is 42.1 Å². The van der Waals surface area contributed by atoms with Gasteiger partial charge in [0.15, 0.2) is 0 Å². The lowest BCUT2D eigenvalue weighted by Gasteiger charge is -2.27. The van der Waals surface area contributed by atoms with Gasteiger partial charge in [-0.2, -0.15) is 5.10 Å². The fraction of sp³-hybridized carbons (Fsp3) is 0.286. The van der Waals surface area contributed by atoms with Crippen LogP contribution in [0.5, 0.6) is 0 Å². The second kappa shape index (κ2) is 9.70. The standard InChI is InChI=1S/C28H28N4O3/c1-20-19-23-9-5-6-10-25(23)32(20)28(35)24-11-12-27(34)31(29-24)18-15-26(33)30-16-13-22(14-17-30)21-7-3-2-4-8-21/h2-13,20H,14-19H2,1H3. The minimum Gasteiger partial charge on any atom is -0.339 e. The summed E-state index contributed by atoms with van der Waals surface area (Å²) in [7, 11) is 0. The van der Waals surface area contributed by atoms with Crippen LogP contribution in [-0.2, 0) is 17.8 Å². The first-order valence-electron chi connectivity index (χ1n) is 12.0. The number of carbonyl (C=O) groups is 2. The third kappa shape index (κ3) is 4.67. The molecule has 0 saturated carbocycles. The number of nitrogens with zero attached hydrogens (tertiary/aromatic N) is 4. The van der Waals surface area contributed by atoms with Gasteiger partial charge in [0, 0.05) is 37.3 Å². The highest BCUT2D eigenvalue weighted by atomic mass is 16.2. The van der Waals surface area contributed by atoms with Crippen molar-refractivity contribution in [3.8, 4) is 0 Å². The number of hydrogen-bond acceptors (Lipinski definition) is 4. The molecule has 178 valence electrons. The van der Waals surface area contributed by atoms with Crippen LogP contribution in [-0.4, -0.2) is 45.6 Å². The van der Waals surface area contributed by atoms with E-state index >= 15 is 0 Å². The van der Waals surface area contributed by atoms with Gasteiger partial charge < -0.3 is 9.80 Å². The van der Waals surface area contributed by atoms with E-state index in [1.807, 2.05) is 49.4 Å². The molecule has 2 amide bonds. The monoisotopic (exact) mass is 468 g/mol. The number of benzene rings is 2. The third-order valence-corrected chi connectivity index (χ3v) is 6.76. The zero-order chi connectivity index (χ0) is 24.4. The molecule has 3 aromatic rings. The third-order valence-electron chi connectivity index (χ3n) is 6.76. The molecule has 3 heterocycles. The Morgan fingerprint density at radius 2 is 1.77 bits per heavy atom. The molecule has 2 aromatic carbocycles. The summed E-state index contributed by atoms with van der Waals surface area (Å²) in [5, 5.41) is 4.32. The van der Waals surface area contributed by atoms with Crippen molar-refractivity contribution in [1.29, 1.82) is 0 Å². The smallest absolute Gasteiger partial charge is 0.278 e. The fourth-order valence-electron chi connectivity index (χ4n) is 4.89. The predicted octanol–water partition coefficient (Wildman–Crippen LogP) is 3.54. The van der Waals surface area contributed by atoms with Crippen molar-refractivity contribution in [3.63, 3.8) is 0 Å². The van der Waals surface area contributed by atoms with E-state index in [4.69, 9.17) is 0 Å². The minimum absolute atomic E-state index is 0.0107. The molecule has 0 spiro atoms. The molecule has 5 rings (SSSR count). The number of amides is 2. The van der Waals surface area contributed by atoms with Crippen molar-refractivity contribution >= 4 is 23.1 Å². The average molecular weight is 469 g/mol. The maximum absolute atomic E-state index is 13.3. The molecule has 1 atom stereocenters. The number of carbonyl (C=O) groups excluding carboxylic acids is 2. The van der Waals surface area contributed by atoms with Crippen LogP contribution in [0, 0.1) is 0 Å². The number of fused-ring (bicyclic) bond motifs is 1. The second-order valence-electron chi connectivity index (χ2n) is 9.07. The van der Waals surface area contributed by atoms with Crippen LogP contribution in [0.1, 0.15) is 41.4 Å². The molecule has 1 unspecified atom stereocenters. The summed E-state index contributed by atoms with van der Waals surface area (Å²) in [6.07, 6.45) is 3.83. The first-order chi connectivity index (χ1) is 17.0. The Kier molecular flexibility index (Phi) is 6.31. The molecule has 0 radical (unpaired) electrons. The van der Waals surface area contributed by atoms with Crippen molar-refractivity contribution in [2.45, 2.75) is 38.8 Å². The molecule has 7 heteroatoms. The number of rotatable bonds is 5. The van der Waals surface area contributed by atoms with E-state index in [1.54, 1.807) is 9.80 Å². The SMILES string of the molecule is CC1Cc2ccccc2N1C(=O)c1ccc(=O)n(CCC(=O)N2CC=C(c3ccccc3)CC2)n1. The van der Waals surface area contributed by atoms with Crippen LogP contribution in [0.25, 0.3) is 5.57 Å². The summed E-state index contributed by atoms with van der Waals surface area (Å²) in [6, 6.07) is 20.9. The minimum atomic E-state index is -0.325. The lowest BCUT2D eigenvalue weighted by molar-refractivity contribution is -0.131. The van der Waals surface area contributed by atoms with E-state index in [9.17, 15) is 14.4 Å². The summed E-state index contributed by atoms with van der Waals surface area (Å²) in [5.41, 5.74) is 4.32. The molecule has 1 aromatic heterocycles. The summed E-state index contributed by atoms with van der Waals surface area (Å²) < 4.78 is 1.23. The zero-order valence-corrected chi connectivity index (χ0v) is 19.8. The Bertz CT molecular complexity index is 1350. The number of para-hydroxylation sites is 1. The topological polar surface area (TPSA) is 75.5 Å². The normalized spacial score (nSPS) is 17.2. The van der Waals surface area contributed by atoms with Crippen molar-refractivity contribution < 1.29 is 9.59 Å². The Labute approximate surface area is 204 Å². The lowest BCUT2D eigenvalue weighted by Crippen LogP contribution is -2.38. The predicted molar refractivity (Wildman–Crippen MR) is 135 cm³/mol. The number of aromatic nitrogens is 2. The summed E-state index contributed by atoms with van der Waals surface area (Å²) >= 11 is 0. The molecule has 0 fully saturated rings. The zero-order valence-electron chi connectivity index (χ0n) is 19.8. The van der Waals surface area contributed by atoms with E-state index in [0.29, 0.717) is 13.1 Å². The number of aryl methyl sites for hydroxylation is 1. The van der Waals surface area contributed by atoms with Crippen molar-refractivity contribution in [2.24, 2.45) is 0 Å². The Balaban J connectivity index is 1.25. The van der Waals surface area contributed by atoms with Gasteiger partial charge in [-0.3, -0.25) is 14.4 Å². The van der Waals surface area contributed by atoms with Crippen molar-refractivity contribution in [1.82, 2.24) is 14.7 Å². The van der Waals surface area contributed by atoms with Crippen LogP contribution in [0.4, 0.5) is 5.69 Å². The van der Waals surface area contributed by atoms with Gasteiger partial charge in [0.2, 0.25) is 5.91 Å². The summed E-state index contributed by atoms with van der Waals surface area (Å²) in [5.74, 6) is -0.266. The van der Waals surface area contributed by atoms with Gasteiger partial charge in [0.05, 0.1) is 6.54 Å². The van der Waals surface area contributed by atoms with Crippen molar-refractivity contribution in [2.75, 3.05) is 18.0 Å². The number of anilines is 1. The van der Waals surface area contributed by atoms with E-state index in [2.05, 4.69) is 23.3 Å². The summed E-state index contributed by atoms with van der Waals surface area (Å²) in [6.45, 7) is 3.34. The quantitative estimate of drug-likeness (QED) is 0.574. The van der Waals surface area contributed by atoms with Crippen LogP contribution < -0.4 is 10.5 Å². The summed E-state index contributed by atoms with van der Waals surface area (Å²) in [4.78, 5) is 42.0. The molecule has 0 bridgehead atoms. The second-order valence-corrected chi connectivity index (χ2v) is 9.07. The molecule has 0 N–H and O–H groups in total. The largest absolute Gasteiger partial charge is 0.339 e. The Morgan fingerprint density at radius 1 is 1.00 bits per heavy atom. The molecule has 2 aliphatic rings. The average Bonchev–Trinajstić information content (AvgIpc) is 3.23. The van der Waals surface area contributed by atoms with Gasteiger partial charge in [-0.1, -0.05) is 54.6 Å². The van der Waals surface area contributed by atoms with E-state index in [1.165, 1.54) is 28.0 Å². The fourth-order valence-corrected chi connectivity index (χ4v) is 4.89. The first kappa shape index (κ1) is 22.8. The van der Waals surface area contributed by atoms with Gasteiger partial charge in [0.1, 0.15) is 5.69 Å². The van der Waals surface area contributed by atoms with E-state index in [0.717, 1.165) is 24.1 Å². The highest BCUT2D eigenvalue weighted by Gasteiger charge is 2.32. The van der Waals surface area contributed by atoms with Crippen molar-refractivity contribution in [3.05, 3.63) is 100.0 Å². The molecule has 35 heavy (non-hydrogen) atoms. The van der Waals surface area contributed by atoms with Crippen LogP contribution in [0.2, 0.25) is 0 Å². The van der Waals surface area contributed by atoms with E-state index < -0.39 is 0 Å². The van der Waals surface area contributed by atoms with Gasteiger partial charge in [-0.25, -0.2) is 4.68 Å². The van der Waals surface area contributed by atoms with Gasteiger partial charge >= 0.3 is 0 Å². The van der Waals surface area contributed by atoms with Gasteiger partial charge in [-0.15, -0.1) is 0 Å². The Morgan fingerprint density at radius 3 is 2.54 bits per heavy atom. The molecular formula is C28H28N4O3. The van der Waals surface area contributed by atoms with Crippen LogP contribution in [0.3, 0.4) is 0 Å². The lowest BCUT2D eigenvalue weighted by atomic mass is 9.99. The molecule has 2 aliphatic heterocycles. The molecular weight excluding hydrogens is 440 g/mol. The van der Waals surface area contributed by atoms with Crippen LogP contribution >= 0.6 is 0 Å². The number of hydrogen-bond donors (Lipinski definition) is 0. The highest BCUT2D eigenvalue weighted by Crippen LogP contribution is 2.32. The maximum Gasteiger partial charge on any atom is 0.278 e. The molecule has 0 saturated heterocycles. The van der Waals surface area contributed by atoms with Gasteiger partial charge in [-0.05, 0) is 48.6 Å². The Hall–Kier alpha value is -4.00. The van der Waals surface area contributed by atoms with Gasteiger partial charge in [0.25, 0.3) is 11.5 Å². The molecule has 7 nitrogen and oxygen atoms in total.